The molecule has 2 saturated heterocycles. The molecule has 3 heterocycles. The van der Waals surface area contributed by atoms with Crippen LogP contribution in [0.4, 0.5) is 0 Å². The molecule has 0 bridgehead atoms. The Bertz CT molecular complexity index is 1050. The van der Waals surface area contributed by atoms with Gasteiger partial charge >= 0.3 is 0 Å². The van der Waals surface area contributed by atoms with Crippen molar-refractivity contribution in [1.29, 1.82) is 0 Å². The van der Waals surface area contributed by atoms with Crippen LogP contribution in [0, 0.1) is 13.8 Å². The summed E-state index contributed by atoms with van der Waals surface area (Å²) in [6.07, 6.45) is 0.706. The fourth-order valence-corrected chi connectivity index (χ4v) is 4.59. The third-order valence-electron chi connectivity index (χ3n) is 6.29. The van der Waals surface area contributed by atoms with E-state index in [1.807, 2.05) is 12.1 Å². The van der Waals surface area contributed by atoms with Crippen molar-refractivity contribution in [1.82, 2.24) is 20.0 Å². The van der Waals surface area contributed by atoms with Gasteiger partial charge < -0.3 is 19.5 Å². The van der Waals surface area contributed by atoms with E-state index in [0.717, 1.165) is 19.6 Å². The Labute approximate surface area is 193 Å². The van der Waals surface area contributed by atoms with Crippen molar-refractivity contribution in [2.75, 3.05) is 46.5 Å². The normalized spacial score (nSPS) is 21.1. The number of amides is 1. The molecule has 0 aliphatic carbocycles. The summed E-state index contributed by atoms with van der Waals surface area (Å²) in [7, 11) is 1.57. The number of benzene rings is 1. The zero-order chi connectivity index (χ0) is 23.5. The molecule has 2 aliphatic rings. The first-order chi connectivity index (χ1) is 15.9. The van der Waals surface area contributed by atoms with Gasteiger partial charge in [-0.2, -0.15) is 5.10 Å². The number of H-pyrrole nitrogens is 1. The van der Waals surface area contributed by atoms with E-state index < -0.39 is 17.7 Å². The van der Waals surface area contributed by atoms with Crippen LogP contribution in [0.5, 0.6) is 5.75 Å². The second kappa shape index (κ2) is 9.76. The monoisotopic (exact) mass is 454 g/mol. The number of nitrogens with one attached hydrogen (secondary N) is 1. The third-order valence-corrected chi connectivity index (χ3v) is 6.29. The number of methoxy groups -OCH3 is 1. The van der Waals surface area contributed by atoms with E-state index in [2.05, 4.69) is 15.1 Å². The van der Waals surface area contributed by atoms with Crippen molar-refractivity contribution in [3.63, 3.8) is 0 Å². The number of morpholine rings is 1. The first-order valence-corrected chi connectivity index (χ1v) is 11.2. The first kappa shape index (κ1) is 23.0. The van der Waals surface area contributed by atoms with Gasteiger partial charge in [0.25, 0.3) is 11.7 Å². The molecule has 0 unspecified atom stereocenters. The SMILES string of the molecule is COc1cccc([C@@H]2/C(=C(\O)c3c(C)n[nH]c3C)C(=O)C(=O)N2CCCN2CCOCC2)c1. The van der Waals surface area contributed by atoms with Crippen molar-refractivity contribution in [3.8, 4) is 5.75 Å². The molecule has 9 nitrogen and oxygen atoms in total. The summed E-state index contributed by atoms with van der Waals surface area (Å²) in [5.74, 6) is -0.889. The zero-order valence-electron chi connectivity index (χ0n) is 19.3. The largest absolute Gasteiger partial charge is 0.507 e. The number of carbonyl (C=O) groups is 2. The van der Waals surface area contributed by atoms with E-state index in [9.17, 15) is 14.7 Å². The van der Waals surface area contributed by atoms with Gasteiger partial charge in [-0.3, -0.25) is 19.6 Å². The Morgan fingerprint density at radius 3 is 2.67 bits per heavy atom. The summed E-state index contributed by atoms with van der Waals surface area (Å²) >= 11 is 0. The van der Waals surface area contributed by atoms with Gasteiger partial charge in [0.15, 0.2) is 0 Å². The Morgan fingerprint density at radius 1 is 1.24 bits per heavy atom. The zero-order valence-corrected chi connectivity index (χ0v) is 19.3. The smallest absolute Gasteiger partial charge is 0.295 e. The number of ketones is 1. The molecule has 1 aromatic carbocycles. The molecule has 9 heteroatoms. The van der Waals surface area contributed by atoms with Crippen LogP contribution in [0.15, 0.2) is 29.8 Å². The maximum absolute atomic E-state index is 13.2. The second-order valence-electron chi connectivity index (χ2n) is 8.39. The van der Waals surface area contributed by atoms with Crippen LogP contribution in [0.2, 0.25) is 0 Å². The average Bonchev–Trinajstić information content (AvgIpc) is 3.30. The molecule has 0 saturated carbocycles. The van der Waals surface area contributed by atoms with Gasteiger partial charge in [-0.15, -0.1) is 0 Å². The molecule has 2 aliphatic heterocycles. The Balaban J connectivity index is 1.71. The topological polar surface area (TPSA) is 108 Å². The first-order valence-electron chi connectivity index (χ1n) is 11.2. The highest BCUT2D eigenvalue weighted by Crippen LogP contribution is 2.41. The van der Waals surface area contributed by atoms with E-state index in [4.69, 9.17) is 9.47 Å². The molecular weight excluding hydrogens is 424 g/mol. The van der Waals surface area contributed by atoms with E-state index in [0.29, 0.717) is 54.4 Å². The minimum Gasteiger partial charge on any atom is -0.507 e. The number of carbonyl (C=O) groups excluding carboxylic acids is 2. The molecule has 2 N–H and O–H groups in total. The van der Waals surface area contributed by atoms with Crippen LogP contribution < -0.4 is 4.74 Å². The number of hydrogen-bond acceptors (Lipinski definition) is 7. The van der Waals surface area contributed by atoms with Crippen molar-refractivity contribution < 1.29 is 24.2 Å². The number of aliphatic hydroxyl groups is 1. The average molecular weight is 455 g/mol. The Kier molecular flexibility index (Phi) is 6.80. The fraction of sp³-hybridized carbons (Fsp3) is 0.458. The minimum absolute atomic E-state index is 0.0761. The van der Waals surface area contributed by atoms with Gasteiger partial charge in [-0.05, 0) is 38.0 Å². The molecule has 176 valence electrons. The lowest BCUT2D eigenvalue weighted by molar-refractivity contribution is -0.140. The molecule has 33 heavy (non-hydrogen) atoms. The van der Waals surface area contributed by atoms with Crippen LogP contribution in [0.1, 0.15) is 35.0 Å². The minimum atomic E-state index is -0.710. The Hall–Kier alpha value is -3.17. The predicted octanol–water partition coefficient (Wildman–Crippen LogP) is 2.18. The van der Waals surface area contributed by atoms with Crippen LogP contribution in [-0.2, 0) is 14.3 Å². The van der Waals surface area contributed by atoms with Crippen LogP contribution in [0.3, 0.4) is 0 Å². The molecular formula is C24H30N4O5. The van der Waals surface area contributed by atoms with Crippen molar-refractivity contribution in [3.05, 3.63) is 52.4 Å². The summed E-state index contributed by atoms with van der Waals surface area (Å²) in [5.41, 5.74) is 2.43. The standard InChI is InChI=1S/C24H30N4O5/c1-15-19(16(2)26-25-15)22(29)20-21(17-6-4-7-18(14-17)32-3)28(24(31)23(20)30)9-5-8-27-10-12-33-13-11-27/h4,6-7,14,21,29H,5,8-13H2,1-3H3,(H,25,26)/b22-20+/t21-/m1/s1. The van der Waals surface area contributed by atoms with Crippen molar-refractivity contribution >= 4 is 17.4 Å². The van der Waals surface area contributed by atoms with E-state index in [1.54, 1.807) is 38.0 Å². The van der Waals surface area contributed by atoms with Crippen LogP contribution in [0.25, 0.3) is 5.76 Å². The number of aryl methyl sites for hydroxylation is 2. The van der Waals surface area contributed by atoms with Crippen molar-refractivity contribution in [2.24, 2.45) is 0 Å². The van der Waals surface area contributed by atoms with Gasteiger partial charge in [-0.25, -0.2) is 0 Å². The number of aromatic nitrogens is 2. The van der Waals surface area contributed by atoms with Gasteiger partial charge in [0.1, 0.15) is 11.5 Å². The summed E-state index contributed by atoms with van der Waals surface area (Å²) in [6.45, 7) is 7.84. The van der Waals surface area contributed by atoms with Gasteiger partial charge in [0, 0.05) is 31.9 Å². The summed E-state index contributed by atoms with van der Waals surface area (Å²) in [5, 5.41) is 18.2. The number of hydrogen-bond donors (Lipinski definition) is 2. The number of Topliss-reactive ketones (excluding diaryl/α,β-unsaturated/α-hetero) is 1. The molecule has 0 radical (unpaired) electrons. The van der Waals surface area contributed by atoms with E-state index >= 15 is 0 Å². The highest BCUT2D eigenvalue weighted by atomic mass is 16.5. The number of likely N-dealkylation sites (tertiary alicyclic amines) is 1. The van der Waals surface area contributed by atoms with Crippen LogP contribution in [-0.4, -0.2) is 83.3 Å². The lowest BCUT2D eigenvalue weighted by Gasteiger charge is -2.29. The maximum atomic E-state index is 13.2. The molecule has 1 amide bonds. The number of rotatable bonds is 7. The quantitative estimate of drug-likeness (QED) is 0.375. The molecule has 1 atom stereocenters. The van der Waals surface area contributed by atoms with E-state index in [-0.39, 0.29) is 11.3 Å². The van der Waals surface area contributed by atoms with Crippen LogP contribution >= 0.6 is 0 Å². The molecule has 0 spiro atoms. The molecule has 2 aromatic rings. The third kappa shape index (κ3) is 4.51. The van der Waals surface area contributed by atoms with E-state index in [1.165, 1.54) is 0 Å². The number of aliphatic hydroxyl groups excluding tert-OH is 1. The predicted molar refractivity (Wildman–Crippen MR) is 122 cm³/mol. The van der Waals surface area contributed by atoms with Gasteiger partial charge in [0.05, 0.1) is 43.2 Å². The summed E-state index contributed by atoms with van der Waals surface area (Å²) < 4.78 is 10.8. The fourth-order valence-electron chi connectivity index (χ4n) is 4.59. The number of ether oxygens (including phenoxy) is 2. The highest BCUT2D eigenvalue weighted by Gasteiger charge is 2.46. The number of nitrogens with zero attached hydrogens (tertiary/aromatic N) is 3. The molecule has 1 aromatic heterocycles. The van der Waals surface area contributed by atoms with Crippen molar-refractivity contribution in [2.45, 2.75) is 26.3 Å². The second-order valence-corrected chi connectivity index (χ2v) is 8.39. The lowest BCUT2D eigenvalue weighted by Crippen LogP contribution is -2.38. The number of aromatic amines is 1. The van der Waals surface area contributed by atoms with Gasteiger partial charge in [-0.1, -0.05) is 12.1 Å². The molecule has 2 fully saturated rings. The Morgan fingerprint density at radius 2 is 2.00 bits per heavy atom. The lowest BCUT2D eigenvalue weighted by atomic mass is 9.94. The van der Waals surface area contributed by atoms with Gasteiger partial charge in [0.2, 0.25) is 0 Å². The maximum Gasteiger partial charge on any atom is 0.295 e. The highest BCUT2D eigenvalue weighted by molar-refractivity contribution is 6.46. The summed E-state index contributed by atoms with van der Waals surface area (Å²) in [4.78, 5) is 30.2. The summed E-state index contributed by atoms with van der Waals surface area (Å²) in [6, 6.07) is 6.55. The molecule has 4 rings (SSSR count).